The molecular formula is C19H28FN3O. The number of halogens is 1. The molecule has 1 aromatic carbocycles. The van der Waals surface area contributed by atoms with Crippen molar-refractivity contribution in [2.45, 2.75) is 38.3 Å². The van der Waals surface area contributed by atoms with E-state index in [2.05, 4.69) is 22.2 Å². The minimum absolute atomic E-state index is 0.140. The number of nitrogens with zero attached hydrogens (tertiary/aromatic N) is 2. The number of hydrogen-bond donors (Lipinski definition) is 1. The molecule has 2 saturated heterocycles. The van der Waals surface area contributed by atoms with Crippen molar-refractivity contribution in [1.82, 2.24) is 15.1 Å². The molecule has 0 aromatic heterocycles. The van der Waals surface area contributed by atoms with Gasteiger partial charge in [-0.2, -0.15) is 0 Å². The van der Waals surface area contributed by atoms with Crippen molar-refractivity contribution in [3.05, 3.63) is 35.6 Å². The Labute approximate surface area is 144 Å². The molecule has 0 aliphatic carbocycles. The second-order valence-corrected chi connectivity index (χ2v) is 7.29. The number of carbonyl (C=O) groups is 1. The minimum atomic E-state index is -0.192. The molecule has 1 aromatic rings. The first-order chi connectivity index (χ1) is 11.6. The highest BCUT2D eigenvalue weighted by molar-refractivity contribution is 5.79. The maximum atomic E-state index is 13.0. The zero-order valence-electron chi connectivity index (χ0n) is 14.5. The van der Waals surface area contributed by atoms with Gasteiger partial charge >= 0.3 is 0 Å². The summed E-state index contributed by atoms with van der Waals surface area (Å²) in [5, 5.41) is 3.25. The van der Waals surface area contributed by atoms with Gasteiger partial charge in [-0.15, -0.1) is 0 Å². The summed E-state index contributed by atoms with van der Waals surface area (Å²) >= 11 is 0. The van der Waals surface area contributed by atoms with Gasteiger partial charge in [0.25, 0.3) is 0 Å². The summed E-state index contributed by atoms with van der Waals surface area (Å²) < 4.78 is 13.0. The third-order valence-corrected chi connectivity index (χ3v) is 5.25. The summed E-state index contributed by atoms with van der Waals surface area (Å²) in [5.74, 6) is 0.181. The van der Waals surface area contributed by atoms with E-state index in [0.717, 1.165) is 64.0 Å². The molecule has 5 heteroatoms. The maximum Gasteiger partial charge on any atom is 0.223 e. The van der Waals surface area contributed by atoms with Crippen molar-refractivity contribution in [2.75, 3.05) is 33.2 Å². The number of carbonyl (C=O) groups excluding carboxylic acids is 1. The Hall–Kier alpha value is -1.46. The summed E-state index contributed by atoms with van der Waals surface area (Å²) in [4.78, 5) is 17.1. The first-order valence-corrected chi connectivity index (χ1v) is 9.06. The third-order valence-electron chi connectivity index (χ3n) is 5.25. The van der Waals surface area contributed by atoms with Crippen LogP contribution in [0, 0.1) is 11.7 Å². The van der Waals surface area contributed by atoms with Crippen LogP contribution in [-0.4, -0.2) is 55.0 Å². The monoisotopic (exact) mass is 333 g/mol. The summed E-state index contributed by atoms with van der Waals surface area (Å²) in [6.45, 7) is 4.80. The quantitative estimate of drug-likeness (QED) is 0.918. The van der Waals surface area contributed by atoms with E-state index >= 15 is 0 Å². The van der Waals surface area contributed by atoms with E-state index in [1.807, 2.05) is 12.1 Å². The van der Waals surface area contributed by atoms with Gasteiger partial charge in [-0.05, 0) is 70.1 Å². The molecule has 0 saturated carbocycles. The topological polar surface area (TPSA) is 35.6 Å². The van der Waals surface area contributed by atoms with Crippen LogP contribution in [-0.2, 0) is 11.3 Å². The molecule has 2 aliphatic heterocycles. The van der Waals surface area contributed by atoms with E-state index in [9.17, 15) is 9.18 Å². The van der Waals surface area contributed by atoms with Crippen LogP contribution in [0.4, 0.5) is 4.39 Å². The van der Waals surface area contributed by atoms with Crippen molar-refractivity contribution < 1.29 is 9.18 Å². The molecule has 24 heavy (non-hydrogen) atoms. The number of nitrogens with one attached hydrogen (secondary N) is 1. The van der Waals surface area contributed by atoms with Crippen LogP contribution >= 0.6 is 0 Å². The van der Waals surface area contributed by atoms with Gasteiger partial charge in [0.1, 0.15) is 5.82 Å². The average molecular weight is 333 g/mol. The molecule has 1 N–H and O–H groups in total. The number of rotatable bonds is 4. The fraction of sp³-hybridized carbons (Fsp3) is 0.632. The minimum Gasteiger partial charge on any atom is -0.352 e. The molecule has 2 fully saturated rings. The number of likely N-dealkylation sites (tertiary alicyclic amines) is 2. The van der Waals surface area contributed by atoms with E-state index in [4.69, 9.17) is 0 Å². The van der Waals surface area contributed by atoms with Gasteiger partial charge in [0.05, 0.1) is 0 Å². The molecule has 132 valence electrons. The van der Waals surface area contributed by atoms with Gasteiger partial charge in [0.2, 0.25) is 5.91 Å². The number of benzene rings is 1. The third kappa shape index (κ3) is 4.77. The molecule has 1 unspecified atom stereocenters. The van der Waals surface area contributed by atoms with Crippen LogP contribution in [0.5, 0.6) is 0 Å². The van der Waals surface area contributed by atoms with E-state index in [0.29, 0.717) is 6.04 Å². The molecule has 0 radical (unpaired) electrons. The highest BCUT2D eigenvalue weighted by atomic mass is 19.1. The lowest BCUT2D eigenvalue weighted by molar-refractivity contribution is -0.127. The molecule has 2 heterocycles. The highest BCUT2D eigenvalue weighted by Gasteiger charge is 2.27. The average Bonchev–Trinajstić information content (AvgIpc) is 2.57. The number of likely N-dealkylation sites (N-methyl/N-ethyl adjacent to an activating group) is 1. The van der Waals surface area contributed by atoms with Crippen LogP contribution in [0.1, 0.15) is 31.2 Å². The van der Waals surface area contributed by atoms with Crippen molar-refractivity contribution in [3.63, 3.8) is 0 Å². The Bertz CT molecular complexity index is 540. The fourth-order valence-electron chi connectivity index (χ4n) is 3.80. The highest BCUT2D eigenvalue weighted by Crippen LogP contribution is 2.20. The maximum absolute atomic E-state index is 13.0. The summed E-state index contributed by atoms with van der Waals surface area (Å²) in [7, 11) is 2.12. The predicted octanol–water partition coefficient (Wildman–Crippen LogP) is 2.25. The number of amides is 1. The van der Waals surface area contributed by atoms with Crippen LogP contribution < -0.4 is 5.32 Å². The van der Waals surface area contributed by atoms with E-state index in [1.165, 1.54) is 12.1 Å². The van der Waals surface area contributed by atoms with Crippen LogP contribution in [0.25, 0.3) is 0 Å². The molecular weight excluding hydrogens is 305 g/mol. The van der Waals surface area contributed by atoms with Crippen molar-refractivity contribution in [3.8, 4) is 0 Å². The largest absolute Gasteiger partial charge is 0.352 e. The Balaban J connectivity index is 1.42. The number of hydrogen-bond acceptors (Lipinski definition) is 3. The van der Waals surface area contributed by atoms with Crippen LogP contribution in [0.15, 0.2) is 24.3 Å². The summed E-state index contributed by atoms with van der Waals surface area (Å²) in [6.07, 6.45) is 4.09. The van der Waals surface area contributed by atoms with E-state index in [-0.39, 0.29) is 17.6 Å². The van der Waals surface area contributed by atoms with Crippen molar-refractivity contribution >= 4 is 5.91 Å². The van der Waals surface area contributed by atoms with E-state index in [1.54, 1.807) is 0 Å². The van der Waals surface area contributed by atoms with Crippen LogP contribution in [0.3, 0.4) is 0 Å². The van der Waals surface area contributed by atoms with Gasteiger partial charge in [-0.3, -0.25) is 9.69 Å². The molecule has 4 nitrogen and oxygen atoms in total. The Morgan fingerprint density at radius 2 is 1.88 bits per heavy atom. The molecule has 2 aliphatic rings. The second-order valence-electron chi connectivity index (χ2n) is 7.29. The van der Waals surface area contributed by atoms with Crippen molar-refractivity contribution in [2.24, 2.45) is 5.92 Å². The fourth-order valence-corrected chi connectivity index (χ4v) is 3.80. The van der Waals surface area contributed by atoms with E-state index < -0.39 is 0 Å². The standard InChI is InChI=1S/C19H28FN3O/c1-22-10-2-3-18(14-22)21-19(24)16-8-11-23(12-9-16)13-15-4-6-17(20)7-5-15/h4-7,16,18H,2-3,8-14H2,1H3,(H,21,24). The molecule has 1 atom stereocenters. The van der Waals surface area contributed by atoms with Gasteiger partial charge in [0.15, 0.2) is 0 Å². The van der Waals surface area contributed by atoms with Gasteiger partial charge < -0.3 is 10.2 Å². The zero-order chi connectivity index (χ0) is 16.9. The van der Waals surface area contributed by atoms with Gasteiger partial charge in [-0.25, -0.2) is 4.39 Å². The zero-order valence-corrected chi connectivity index (χ0v) is 14.5. The smallest absolute Gasteiger partial charge is 0.223 e. The SMILES string of the molecule is CN1CCCC(NC(=O)C2CCN(Cc3ccc(F)cc3)CC2)C1. The molecule has 0 spiro atoms. The molecule has 0 bridgehead atoms. The Morgan fingerprint density at radius 3 is 2.54 bits per heavy atom. The number of piperidine rings is 2. The van der Waals surface area contributed by atoms with Crippen molar-refractivity contribution in [1.29, 1.82) is 0 Å². The predicted molar refractivity (Wildman–Crippen MR) is 93.1 cm³/mol. The lowest BCUT2D eigenvalue weighted by atomic mass is 9.94. The van der Waals surface area contributed by atoms with Gasteiger partial charge in [0, 0.05) is 25.0 Å². The lowest BCUT2D eigenvalue weighted by Crippen LogP contribution is -2.49. The Morgan fingerprint density at radius 1 is 1.17 bits per heavy atom. The summed E-state index contributed by atoms with van der Waals surface area (Å²) in [6, 6.07) is 7.02. The Kier molecular flexibility index (Phi) is 5.85. The molecule has 3 rings (SSSR count). The first-order valence-electron chi connectivity index (χ1n) is 9.06. The second kappa shape index (κ2) is 8.08. The van der Waals surface area contributed by atoms with Gasteiger partial charge in [-0.1, -0.05) is 12.1 Å². The summed E-state index contributed by atoms with van der Waals surface area (Å²) in [5.41, 5.74) is 1.13. The normalized spacial score (nSPS) is 24.0. The van der Waals surface area contributed by atoms with Crippen LogP contribution in [0.2, 0.25) is 0 Å². The lowest BCUT2D eigenvalue weighted by Gasteiger charge is -2.34. The molecule has 1 amide bonds. The first kappa shape index (κ1) is 17.4.